The van der Waals surface area contributed by atoms with Crippen molar-refractivity contribution in [3.63, 3.8) is 0 Å². The third-order valence-electron chi connectivity index (χ3n) is 4.37. The van der Waals surface area contributed by atoms with E-state index in [1.165, 1.54) is 25.3 Å². The number of ether oxygens (including phenoxy) is 1. The van der Waals surface area contributed by atoms with E-state index >= 15 is 0 Å². The molecule has 0 saturated carbocycles. The molecule has 7 nitrogen and oxygen atoms in total. The van der Waals surface area contributed by atoms with Crippen LogP contribution in [0, 0.1) is 17.0 Å². The van der Waals surface area contributed by atoms with E-state index in [0.717, 1.165) is 16.0 Å². The van der Waals surface area contributed by atoms with E-state index in [1.807, 2.05) is 48.7 Å². The van der Waals surface area contributed by atoms with Crippen molar-refractivity contribution >= 4 is 28.6 Å². The minimum Gasteiger partial charge on any atom is -0.495 e. The summed E-state index contributed by atoms with van der Waals surface area (Å²) in [5, 5.41) is 19.0. The second-order valence-electron chi connectivity index (χ2n) is 6.43. The van der Waals surface area contributed by atoms with Gasteiger partial charge in [0.1, 0.15) is 5.75 Å². The summed E-state index contributed by atoms with van der Waals surface area (Å²) in [5.41, 5.74) is 2.36. The highest BCUT2D eigenvalue weighted by Gasteiger charge is 2.18. The number of carbonyl (C=O) groups is 1. The molecule has 3 rings (SSSR count). The van der Waals surface area contributed by atoms with Gasteiger partial charge in [0, 0.05) is 17.0 Å². The van der Waals surface area contributed by atoms with Crippen molar-refractivity contribution in [3.05, 3.63) is 86.1 Å². The first kappa shape index (κ1) is 20.5. The van der Waals surface area contributed by atoms with Gasteiger partial charge in [0.05, 0.1) is 30.3 Å². The van der Waals surface area contributed by atoms with Crippen molar-refractivity contribution < 1.29 is 14.5 Å². The van der Waals surface area contributed by atoms with Crippen LogP contribution in [0.4, 0.5) is 11.4 Å². The highest BCUT2D eigenvalue weighted by Crippen LogP contribution is 2.29. The van der Waals surface area contributed by atoms with E-state index in [0.29, 0.717) is 5.75 Å². The average Bonchev–Trinajstić information content (AvgIpc) is 3.24. The fraction of sp³-hybridized carbons (Fsp3) is 0.190. The molecule has 0 radical (unpaired) electrons. The van der Waals surface area contributed by atoms with Gasteiger partial charge in [0.25, 0.3) is 5.69 Å². The van der Waals surface area contributed by atoms with Crippen molar-refractivity contribution in [2.24, 2.45) is 0 Å². The van der Waals surface area contributed by atoms with Gasteiger partial charge in [-0.15, -0.1) is 11.3 Å². The second-order valence-corrected chi connectivity index (χ2v) is 7.41. The van der Waals surface area contributed by atoms with Crippen LogP contribution in [0.25, 0.3) is 0 Å². The van der Waals surface area contributed by atoms with Crippen LogP contribution in [0.1, 0.15) is 22.0 Å². The molecule has 0 saturated heterocycles. The summed E-state index contributed by atoms with van der Waals surface area (Å²) in [5.74, 6) is 0.0368. The molecule has 0 spiro atoms. The Labute approximate surface area is 172 Å². The molecule has 0 aliphatic carbocycles. The van der Waals surface area contributed by atoms with Crippen molar-refractivity contribution in [1.29, 1.82) is 0 Å². The van der Waals surface area contributed by atoms with Gasteiger partial charge in [-0.05, 0) is 30.0 Å². The van der Waals surface area contributed by atoms with Crippen LogP contribution in [0.3, 0.4) is 0 Å². The molecule has 1 heterocycles. The molecule has 0 aliphatic rings. The average molecular weight is 411 g/mol. The van der Waals surface area contributed by atoms with Crippen LogP contribution in [-0.2, 0) is 4.79 Å². The summed E-state index contributed by atoms with van der Waals surface area (Å²) in [6.45, 7) is 2.06. The maximum atomic E-state index is 12.5. The molecule has 0 aliphatic heterocycles. The zero-order valence-electron chi connectivity index (χ0n) is 16.0. The number of nitro groups is 1. The van der Waals surface area contributed by atoms with Gasteiger partial charge in [-0.1, -0.05) is 35.9 Å². The van der Waals surface area contributed by atoms with Crippen LogP contribution in [-0.4, -0.2) is 24.5 Å². The first-order chi connectivity index (χ1) is 14.0. The summed E-state index contributed by atoms with van der Waals surface area (Å²) >= 11 is 1.61. The number of nitrogens with one attached hydrogen (secondary N) is 2. The molecule has 0 bridgehead atoms. The monoisotopic (exact) mass is 411 g/mol. The van der Waals surface area contributed by atoms with Crippen molar-refractivity contribution in [2.75, 3.05) is 19.0 Å². The number of aryl methyl sites for hydroxylation is 1. The first-order valence-corrected chi connectivity index (χ1v) is 9.81. The predicted octanol–water partition coefficient (Wildman–Crippen LogP) is 4.29. The van der Waals surface area contributed by atoms with Crippen molar-refractivity contribution in [2.45, 2.75) is 13.0 Å². The molecule has 150 valence electrons. The fourth-order valence-electron chi connectivity index (χ4n) is 2.89. The quantitative estimate of drug-likeness (QED) is 0.426. The number of benzene rings is 2. The van der Waals surface area contributed by atoms with E-state index in [4.69, 9.17) is 4.74 Å². The molecule has 8 heteroatoms. The van der Waals surface area contributed by atoms with Crippen LogP contribution >= 0.6 is 11.3 Å². The topological polar surface area (TPSA) is 93.5 Å². The molecule has 1 aromatic heterocycles. The van der Waals surface area contributed by atoms with Crippen LogP contribution < -0.4 is 15.4 Å². The molecule has 3 aromatic rings. The van der Waals surface area contributed by atoms with E-state index in [1.54, 1.807) is 11.3 Å². The zero-order chi connectivity index (χ0) is 20.8. The Morgan fingerprint density at radius 1 is 1.21 bits per heavy atom. The first-order valence-electron chi connectivity index (χ1n) is 8.93. The minimum atomic E-state index is -0.516. The summed E-state index contributed by atoms with van der Waals surface area (Å²) < 4.78 is 5.19. The summed E-state index contributed by atoms with van der Waals surface area (Å²) in [4.78, 5) is 24.1. The molecular formula is C21H21N3O4S. The third-order valence-corrected chi connectivity index (χ3v) is 5.31. The molecule has 2 aromatic carbocycles. The van der Waals surface area contributed by atoms with Crippen LogP contribution in [0.2, 0.25) is 0 Å². The highest BCUT2D eigenvalue weighted by molar-refractivity contribution is 7.10. The Balaban J connectivity index is 1.73. The fourth-order valence-corrected chi connectivity index (χ4v) is 3.72. The normalized spacial score (nSPS) is 11.7. The summed E-state index contributed by atoms with van der Waals surface area (Å²) in [6, 6.07) is 16.1. The number of non-ortho nitro benzene ring substituents is 1. The standard InChI is InChI=1S/C21H21N3O4S/c1-14-5-7-15(8-6-14)21(19-4-3-11-29-19)22-13-20(25)23-17-12-16(24(26)27)9-10-18(17)28-2/h3-12,21-22H,13H2,1-2H3,(H,23,25)/t21-/m0/s1. The lowest BCUT2D eigenvalue weighted by Crippen LogP contribution is -2.31. The molecule has 0 fully saturated rings. The number of nitrogens with zero attached hydrogens (tertiary/aromatic N) is 1. The molecule has 1 amide bonds. The van der Waals surface area contributed by atoms with E-state index in [9.17, 15) is 14.9 Å². The zero-order valence-corrected chi connectivity index (χ0v) is 16.9. The van der Waals surface area contributed by atoms with Gasteiger partial charge in [-0.2, -0.15) is 0 Å². The Kier molecular flexibility index (Phi) is 6.58. The molecule has 29 heavy (non-hydrogen) atoms. The van der Waals surface area contributed by atoms with Crippen LogP contribution in [0.15, 0.2) is 60.0 Å². The molecule has 0 unspecified atom stereocenters. The van der Waals surface area contributed by atoms with Crippen LogP contribution in [0.5, 0.6) is 5.75 Å². The van der Waals surface area contributed by atoms with Gasteiger partial charge < -0.3 is 10.1 Å². The third kappa shape index (κ3) is 5.18. The number of carbonyl (C=O) groups excluding carboxylic acids is 1. The molecule has 1 atom stereocenters. The Morgan fingerprint density at radius 2 is 1.97 bits per heavy atom. The lowest BCUT2D eigenvalue weighted by atomic mass is 10.0. The number of hydrogen-bond acceptors (Lipinski definition) is 6. The Morgan fingerprint density at radius 3 is 2.59 bits per heavy atom. The summed E-state index contributed by atoms with van der Waals surface area (Å²) in [7, 11) is 1.44. The van der Waals surface area contributed by atoms with E-state index < -0.39 is 4.92 Å². The van der Waals surface area contributed by atoms with E-state index in [-0.39, 0.29) is 29.9 Å². The van der Waals surface area contributed by atoms with Gasteiger partial charge in [0.15, 0.2) is 0 Å². The van der Waals surface area contributed by atoms with E-state index in [2.05, 4.69) is 10.6 Å². The maximum Gasteiger partial charge on any atom is 0.271 e. The SMILES string of the molecule is COc1ccc([N+](=O)[O-])cc1NC(=O)CN[C@@H](c1ccc(C)cc1)c1cccs1. The molecule has 2 N–H and O–H groups in total. The maximum absolute atomic E-state index is 12.5. The van der Waals surface area contributed by atoms with Gasteiger partial charge in [-0.25, -0.2) is 0 Å². The predicted molar refractivity (Wildman–Crippen MR) is 114 cm³/mol. The number of hydrogen-bond donors (Lipinski definition) is 2. The number of anilines is 1. The Hall–Kier alpha value is -3.23. The lowest BCUT2D eigenvalue weighted by molar-refractivity contribution is -0.384. The van der Waals surface area contributed by atoms with Gasteiger partial charge in [-0.3, -0.25) is 20.2 Å². The number of methoxy groups -OCH3 is 1. The van der Waals surface area contributed by atoms with Crippen molar-refractivity contribution in [1.82, 2.24) is 5.32 Å². The number of amides is 1. The highest BCUT2D eigenvalue weighted by atomic mass is 32.1. The number of nitro benzene ring substituents is 1. The molecular weight excluding hydrogens is 390 g/mol. The largest absolute Gasteiger partial charge is 0.495 e. The number of rotatable bonds is 8. The number of thiophene rings is 1. The summed E-state index contributed by atoms with van der Waals surface area (Å²) in [6.07, 6.45) is 0. The lowest BCUT2D eigenvalue weighted by Gasteiger charge is -2.18. The minimum absolute atomic E-state index is 0.0300. The van der Waals surface area contributed by atoms with Gasteiger partial charge in [0.2, 0.25) is 5.91 Å². The second kappa shape index (κ2) is 9.31. The smallest absolute Gasteiger partial charge is 0.271 e. The van der Waals surface area contributed by atoms with Crippen molar-refractivity contribution in [3.8, 4) is 5.75 Å². The van der Waals surface area contributed by atoms with Gasteiger partial charge >= 0.3 is 0 Å². The Bertz CT molecular complexity index is 988.